The lowest BCUT2D eigenvalue weighted by atomic mass is 10.3. The van der Waals surface area contributed by atoms with Gasteiger partial charge in [-0.1, -0.05) is 29.8 Å². The first-order valence-electron chi connectivity index (χ1n) is 5.90. The number of aromatic nitrogens is 2. The molecule has 3 aromatic rings. The maximum atomic E-state index is 5.84. The van der Waals surface area contributed by atoms with E-state index in [0.29, 0.717) is 35.2 Å². The molecule has 0 saturated heterocycles. The Morgan fingerprint density at radius 3 is 2.89 bits per heavy atom. The summed E-state index contributed by atoms with van der Waals surface area (Å²) >= 11 is 5.84. The summed E-state index contributed by atoms with van der Waals surface area (Å²) in [5.41, 5.74) is 1.17. The predicted molar refractivity (Wildman–Crippen MR) is 72.5 cm³/mol. The molecule has 2 aromatic heterocycles. The normalized spacial score (nSPS) is 10.8. The largest absolute Gasteiger partial charge is 0.493 e. The van der Waals surface area contributed by atoms with E-state index < -0.39 is 0 Å². The van der Waals surface area contributed by atoms with Crippen LogP contribution in [-0.2, 0) is 6.42 Å². The number of halogens is 1. The quantitative estimate of drug-likeness (QED) is 0.731. The lowest BCUT2D eigenvalue weighted by Crippen LogP contribution is -2.01. The Kier molecular flexibility index (Phi) is 3.33. The summed E-state index contributed by atoms with van der Waals surface area (Å²) in [5.74, 6) is 1.43. The average Bonchev–Trinajstić information content (AvgIpc) is 2.82. The third kappa shape index (κ3) is 2.85. The van der Waals surface area contributed by atoms with E-state index in [9.17, 15) is 0 Å². The molecule has 0 fully saturated rings. The third-order valence-electron chi connectivity index (χ3n) is 2.59. The van der Waals surface area contributed by atoms with Gasteiger partial charge >= 0.3 is 0 Å². The van der Waals surface area contributed by atoms with Crippen LogP contribution in [-0.4, -0.2) is 16.6 Å². The van der Waals surface area contributed by atoms with Crippen molar-refractivity contribution in [2.45, 2.75) is 6.42 Å². The summed E-state index contributed by atoms with van der Waals surface area (Å²) in [7, 11) is 0. The summed E-state index contributed by atoms with van der Waals surface area (Å²) in [4.78, 5) is 8.38. The molecule has 19 heavy (non-hydrogen) atoms. The molecular formula is C14H11ClN2O2. The lowest BCUT2D eigenvalue weighted by molar-refractivity contribution is 0.308. The topological polar surface area (TPSA) is 48.2 Å². The van der Waals surface area contributed by atoms with Crippen LogP contribution in [0, 0.1) is 0 Å². The Hall–Kier alpha value is -2.07. The lowest BCUT2D eigenvalue weighted by Gasteiger charge is -2.03. The Labute approximate surface area is 115 Å². The summed E-state index contributed by atoms with van der Waals surface area (Å²) < 4.78 is 11.1. The molecule has 5 heteroatoms. The monoisotopic (exact) mass is 274 g/mol. The van der Waals surface area contributed by atoms with Crippen molar-refractivity contribution in [1.29, 1.82) is 0 Å². The van der Waals surface area contributed by atoms with Crippen LogP contribution in [0.3, 0.4) is 0 Å². The van der Waals surface area contributed by atoms with Crippen molar-refractivity contribution in [1.82, 2.24) is 9.97 Å². The van der Waals surface area contributed by atoms with Gasteiger partial charge in [-0.25, -0.2) is 9.97 Å². The highest BCUT2D eigenvalue weighted by Gasteiger charge is 2.07. The van der Waals surface area contributed by atoms with Crippen LogP contribution < -0.4 is 4.74 Å². The summed E-state index contributed by atoms with van der Waals surface area (Å²) in [6.07, 6.45) is 2.13. The van der Waals surface area contributed by atoms with Gasteiger partial charge in [0.15, 0.2) is 0 Å². The summed E-state index contributed by atoms with van der Waals surface area (Å²) in [6, 6.07) is 11.4. The van der Waals surface area contributed by atoms with Crippen molar-refractivity contribution in [2.24, 2.45) is 0 Å². The van der Waals surface area contributed by atoms with Crippen molar-refractivity contribution in [3.63, 3.8) is 0 Å². The van der Waals surface area contributed by atoms with Gasteiger partial charge in [0, 0.05) is 6.20 Å². The third-order valence-corrected chi connectivity index (χ3v) is 2.79. The molecule has 0 bridgehead atoms. The Bertz CT molecular complexity index is 682. The van der Waals surface area contributed by atoms with E-state index in [1.54, 1.807) is 12.3 Å². The first kappa shape index (κ1) is 12.0. The Morgan fingerprint density at radius 1 is 1.21 bits per heavy atom. The van der Waals surface area contributed by atoms with Crippen LogP contribution in [0.15, 0.2) is 47.0 Å². The minimum Gasteiger partial charge on any atom is -0.493 e. The van der Waals surface area contributed by atoms with Gasteiger partial charge in [-0.2, -0.15) is 0 Å². The molecule has 0 aliphatic heterocycles. The zero-order valence-electron chi connectivity index (χ0n) is 10.0. The minimum absolute atomic E-state index is 0.499. The molecule has 0 spiro atoms. The van der Waals surface area contributed by atoms with Crippen molar-refractivity contribution in [2.75, 3.05) is 6.61 Å². The highest BCUT2D eigenvalue weighted by atomic mass is 35.5. The molecular weight excluding hydrogens is 264 g/mol. The van der Waals surface area contributed by atoms with E-state index in [0.717, 1.165) is 5.75 Å². The SMILES string of the molecule is Clc1cnc2oc(CCOc3ccccc3)nc2c1. The summed E-state index contributed by atoms with van der Waals surface area (Å²) in [5, 5.41) is 0.549. The van der Waals surface area contributed by atoms with Crippen molar-refractivity contribution in [3.05, 3.63) is 53.5 Å². The number of hydrogen-bond acceptors (Lipinski definition) is 4. The van der Waals surface area contributed by atoms with Gasteiger partial charge in [0.1, 0.15) is 11.3 Å². The molecule has 0 saturated carbocycles. The van der Waals surface area contributed by atoms with E-state index in [-0.39, 0.29) is 0 Å². The molecule has 4 nitrogen and oxygen atoms in total. The average molecular weight is 275 g/mol. The van der Waals surface area contributed by atoms with Gasteiger partial charge in [-0.15, -0.1) is 0 Å². The fraction of sp³-hybridized carbons (Fsp3) is 0.143. The van der Waals surface area contributed by atoms with Crippen LogP contribution in [0.5, 0.6) is 5.75 Å². The molecule has 0 unspecified atom stereocenters. The van der Waals surface area contributed by atoms with Gasteiger partial charge in [0.2, 0.25) is 11.6 Å². The Morgan fingerprint density at radius 2 is 2.05 bits per heavy atom. The molecule has 0 aliphatic rings. The second kappa shape index (κ2) is 5.28. The molecule has 96 valence electrons. The van der Waals surface area contributed by atoms with Crippen LogP contribution >= 0.6 is 11.6 Å². The van der Waals surface area contributed by atoms with Crippen LogP contribution in [0.1, 0.15) is 5.89 Å². The van der Waals surface area contributed by atoms with E-state index in [1.807, 2.05) is 30.3 Å². The van der Waals surface area contributed by atoms with Gasteiger partial charge < -0.3 is 9.15 Å². The van der Waals surface area contributed by atoms with Crippen molar-refractivity contribution >= 4 is 22.8 Å². The van der Waals surface area contributed by atoms with E-state index in [2.05, 4.69) is 9.97 Å². The molecule has 0 radical (unpaired) electrons. The Balaban J connectivity index is 1.65. The number of benzene rings is 1. The molecule has 2 heterocycles. The zero-order chi connectivity index (χ0) is 13.1. The van der Waals surface area contributed by atoms with E-state index >= 15 is 0 Å². The molecule has 0 amide bonds. The number of rotatable bonds is 4. The zero-order valence-corrected chi connectivity index (χ0v) is 10.8. The van der Waals surface area contributed by atoms with Crippen LogP contribution in [0.4, 0.5) is 0 Å². The number of oxazole rings is 1. The first-order chi connectivity index (χ1) is 9.31. The number of fused-ring (bicyclic) bond motifs is 1. The van der Waals surface area contributed by atoms with E-state index in [1.165, 1.54) is 0 Å². The number of pyridine rings is 1. The highest BCUT2D eigenvalue weighted by molar-refractivity contribution is 6.30. The van der Waals surface area contributed by atoms with Crippen molar-refractivity contribution < 1.29 is 9.15 Å². The maximum Gasteiger partial charge on any atom is 0.247 e. The first-order valence-corrected chi connectivity index (χ1v) is 6.28. The standard InChI is InChI=1S/C14H11ClN2O2/c15-10-8-12-14(16-9-10)19-13(17-12)6-7-18-11-4-2-1-3-5-11/h1-5,8-9H,6-7H2. The minimum atomic E-state index is 0.499. The highest BCUT2D eigenvalue weighted by Crippen LogP contribution is 2.17. The summed E-state index contributed by atoms with van der Waals surface area (Å²) in [6.45, 7) is 0.505. The predicted octanol–water partition coefficient (Wildman–Crippen LogP) is 3.50. The fourth-order valence-corrected chi connectivity index (χ4v) is 1.88. The fourth-order valence-electron chi connectivity index (χ4n) is 1.72. The van der Waals surface area contributed by atoms with Crippen molar-refractivity contribution in [3.8, 4) is 5.75 Å². The van der Waals surface area contributed by atoms with Gasteiger partial charge in [0.25, 0.3) is 0 Å². The molecule has 0 atom stereocenters. The molecule has 3 rings (SSSR count). The van der Waals surface area contributed by atoms with Crippen LogP contribution in [0.25, 0.3) is 11.2 Å². The van der Waals surface area contributed by atoms with E-state index in [4.69, 9.17) is 20.8 Å². The smallest absolute Gasteiger partial charge is 0.247 e. The molecule has 1 aromatic carbocycles. The molecule has 0 aliphatic carbocycles. The number of para-hydroxylation sites is 1. The van der Waals surface area contributed by atoms with Gasteiger partial charge in [0.05, 0.1) is 18.1 Å². The second-order valence-electron chi connectivity index (χ2n) is 4.00. The van der Waals surface area contributed by atoms with Crippen LogP contribution in [0.2, 0.25) is 5.02 Å². The number of ether oxygens (including phenoxy) is 1. The van der Waals surface area contributed by atoms with Gasteiger partial charge in [-0.3, -0.25) is 0 Å². The second-order valence-corrected chi connectivity index (χ2v) is 4.43. The van der Waals surface area contributed by atoms with Gasteiger partial charge in [-0.05, 0) is 18.2 Å². The maximum absolute atomic E-state index is 5.84. The number of nitrogens with zero attached hydrogens (tertiary/aromatic N) is 2. The molecule has 0 N–H and O–H groups in total. The number of hydrogen-bond donors (Lipinski definition) is 0.